The van der Waals surface area contributed by atoms with Gasteiger partial charge in [0.15, 0.2) is 5.13 Å². The summed E-state index contributed by atoms with van der Waals surface area (Å²) in [7, 11) is 0. The Morgan fingerprint density at radius 1 is 1.19 bits per heavy atom. The lowest BCUT2D eigenvalue weighted by Crippen LogP contribution is -2.28. The van der Waals surface area contributed by atoms with Gasteiger partial charge in [-0.15, -0.1) is 0 Å². The summed E-state index contributed by atoms with van der Waals surface area (Å²) in [4.78, 5) is 45.9. The summed E-state index contributed by atoms with van der Waals surface area (Å²) in [5.41, 5.74) is 2.48. The van der Waals surface area contributed by atoms with E-state index < -0.39 is 11.9 Å². The molecule has 0 saturated carbocycles. The minimum atomic E-state index is -0.471. The van der Waals surface area contributed by atoms with Crippen LogP contribution in [0.1, 0.15) is 41.6 Å². The Morgan fingerprint density at radius 3 is 2.55 bits per heavy atom. The molecular formula is C22H26N4O4S. The molecule has 4 rings (SSSR count). The number of nitrogens with zero attached hydrogens (tertiary/aromatic N) is 3. The summed E-state index contributed by atoms with van der Waals surface area (Å²) in [6, 6.07) is 7.97. The largest absolute Gasteiger partial charge is 0.462 e. The van der Waals surface area contributed by atoms with Gasteiger partial charge in [0.25, 0.3) is 0 Å². The molecule has 1 atom stereocenters. The van der Waals surface area contributed by atoms with Crippen LogP contribution in [0.4, 0.5) is 16.5 Å². The molecule has 2 fully saturated rings. The van der Waals surface area contributed by atoms with E-state index in [2.05, 4.69) is 15.2 Å². The van der Waals surface area contributed by atoms with Gasteiger partial charge < -0.3 is 19.9 Å². The van der Waals surface area contributed by atoms with Crippen LogP contribution in [0.15, 0.2) is 24.3 Å². The van der Waals surface area contributed by atoms with Crippen LogP contribution in [0, 0.1) is 12.8 Å². The molecule has 3 heterocycles. The standard InChI is InChI=1S/C22H26N4O4S/c1-3-30-21(29)19-14(2)23-22(31-19)24-20(28)15-12-18(27)26(13-15)17-8-6-16(7-9-17)25-10-4-5-11-25/h6-9,15H,3-5,10-13H2,1-2H3,(H,23,24,28). The number of benzene rings is 1. The molecule has 0 spiro atoms. The number of esters is 1. The first kappa shape index (κ1) is 21.3. The third kappa shape index (κ3) is 4.56. The van der Waals surface area contributed by atoms with Gasteiger partial charge in [-0.2, -0.15) is 0 Å². The van der Waals surface area contributed by atoms with Crippen molar-refractivity contribution in [2.75, 3.05) is 41.4 Å². The molecule has 1 N–H and O–H groups in total. The highest BCUT2D eigenvalue weighted by Gasteiger charge is 2.35. The SMILES string of the molecule is CCOC(=O)c1sc(NC(=O)C2CC(=O)N(c3ccc(N4CCCC4)cc3)C2)nc1C. The Labute approximate surface area is 185 Å². The fourth-order valence-corrected chi connectivity index (χ4v) is 4.86. The number of nitrogens with one attached hydrogen (secondary N) is 1. The normalized spacial score (nSPS) is 18.5. The Morgan fingerprint density at radius 2 is 1.87 bits per heavy atom. The molecule has 0 aliphatic carbocycles. The van der Waals surface area contributed by atoms with Crippen molar-refractivity contribution >= 4 is 45.6 Å². The molecule has 2 aliphatic rings. The van der Waals surface area contributed by atoms with Crippen LogP contribution in [0.25, 0.3) is 0 Å². The smallest absolute Gasteiger partial charge is 0.350 e. The molecule has 0 radical (unpaired) electrons. The van der Waals surface area contributed by atoms with Gasteiger partial charge in [-0.3, -0.25) is 9.59 Å². The molecule has 2 amide bonds. The average molecular weight is 443 g/mol. The second-order valence-electron chi connectivity index (χ2n) is 7.76. The lowest BCUT2D eigenvalue weighted by molar-refractivity contribution is -0.122. The van der Waals surface area contributed by atoms with Crippen LogP contribution < -0.4 is 15.1 Å². The minimum Gasteiger partial charge on any atom is -0.462 e. The van der Waals surface area contributed by atoms with E-state index in [-0.39, 0.29) is 24.8 Å². The highest BCUT2D eigenvalue weighted by Crippen LogP contribution is 2.30. The first-order chi connectivity index (χ1) is 15.0. The second-order valence-corrected chi connectivity index (χ2v) is 8.76. The highest BCUT2D eigenvalue weighted by molar-refractivity contribution is 7.17. The molecule has 2 saturated heterocycles. The summed E-state index contributed by atoms with van der Waals surface area (Å²) in [5, 5.41) is 3.10. The van der Waals surface area contributed by atoms with Gasteiger partial charge in [-0.05, 0) is 51.0 Å². The molecular weight excluding hydrogens is 416 g/mol. The van der Waals surface area contributed by atoms with Crippen molar-refractivity contribution < 1.29 is 19.1 Å². The van der Waals surface area contributed by atoms with E-state index in [1.807, 2.05) is 24.3 Å². The zero-order chi connectivity index (χ0) is 22.0. The number of rotatable bonds is 6. The predicted octanol–water partition coefficient (Wildman–Crippen LogP) is 3.22. The number of anilines is 3. The summed E-state index contributed by atoms with van der Waals surface area (Å²) in [6.07, 6.45) is 2.57. The second kappa shape index (κ2) is 9.05. The topological polar surface area (TPSA) is 91.8 Å². The first-order valence-corrected chi connectivity index (χ1v) is 11.4. The van der Waals surface area contributed by atoms with E-state index in [1.165, 1.54) is 18.5 Å². The van der Waals surface area contributed by atoms with Crippen molar-refractivity contribution in [1.82, 2.24) is 4.98 Å². The Bertz CT molecular complexity index is 982. The molecule has 164 valence electrons. The first-order valence-electron chi connectivity index (χ1n) is 10.6. The molecule has 2 aliphatic heterocycles. The number of carbonyl (C=O) groups is 3. The third-order valence-electron chi connectivity index (χ3n) is 5.62. The highest BCUT2D eigenvalue weighted by atomic mass is 32.1. The molecule has 2 aromatic rings. The Hall–Kier alpha value is -2.94. The monoisotopic (exact) mass is 442 g/mol. The van der Waals surface area contributed by atoms with E-state index in [0.29, 0.717) is 22.2 Å². The number of hydrogen-bond donors (Lipinski definition) is 1. The fraction of sp³-hybridized carbons (Fsp3) is 0.455. The van der Waals surface area contributed by atoms with Gasteiger partial charge in [0.2, 0.25) is 11.8 Å². The van der Waals surface area contributed by atoms with Gasteiger partial charge in [-0.1, -0.05) is 11.3 Å². The summed E-state index contributed by atoms with van der Waals surface area (Å²) >= 11 is 1.09. The number of aryl methyl sites for hydroxylation is 1. The van der Waals surface area contributed by atoms with Crippen molar-refractivity contribution in [3.8, 4) is 0 Å². The zero-order valence-corrected chi connectivity index (χ0v) is 18.5. The number of thiazole rings is 1. The Kier molecular flexibility index (Phi) is 6.22. The number of aromatic nitrogens is 1. The molecule has 9 heteroatoms. The van der Waals surface area contributed by atoms with Crippen LogP contribution in [0.5, 0.6) is 0 Å². The minimum absolute atomic E-state index is 0.0726. The van der Waals surface area contributed by atoms with Crippen LogP contribution >= 0.6 is 11.3 Å². The van der Waals surface area contributed by atoms with Gasteiger partial charge in [0.05, 0.1) is 18.2 Å². The van der Waals surface area contributed by atoms with Crippen molar-refractivity contribution in [1.29, 1.82) is 0 Å². The molecule has 8 nitrogen and oxygen atoms in total. The molecule has 1 unspecified atom stereocenters. The van der Waals surface area contributed by atoms with Crippen LogP contribution in [0.2, 0.25) is 0 Å². The molecule has 31 heavy (non-hydrogen) atoms. The molecule has 0 bridgehead atoms. The molecule has 1 aromatic carbocycles. The maximum Gasteiger partial charge on any atom is 0.350 e. The van der Waals surface area contributed by atoms with Crippen molar-refractivity contribution in [3.05, 3.63) is 34.8 Å². The maximum absolute atomic E-state index is 12.7. The van der Waals surface area contributed by atoms with Crippen LogP contribution in [-0.4, -0.2) is 49.0 Å². The van der Waals surface area contributed by atoms with Crippen molar-refractivity contribution in [2.24, 2.45) is 5.92 Å². The number of hydrogen-bond acceptors (Lipinski definition) is 7. The maximum atomic E-state index is 12.7. The van der Waals surface area contributed by atoms with E-state index in [1.54, 1.807) is 18.7 Å². The quantitative estimate of drug-likeness (QED) is 0.691. The van der Waals surface area contributed by atoms with Crippen LogP contribution in [-0.2, 0) is 14.3 Å². The third-order valence-corrected chi connectivity index (χ3v) is 6.67. The van der Waals surface area contributed by atoms with Crippen molar-refractivity contribution in [3.63, 3.8) is 0 Å². The zero-order valence-electron chi connectivity index (χ0n) is 17.7. The van der Waals surface area contributed by atoms with Gasteiger partial charge in [0, 0.05) is 37.4 Å². The fourth-order valence-electron chi connectivity index (χ4n) is 3.99. The van der Waals surface area contributed by atoms with E-state index in [4.69, 9.17) is 4.74 Å². The van der Waals surface area contributed by atoms with E-state index in [9.17, 15) is 14.4 Å². The van der Waals surface area contributed by atoms with Gasteiger partial charge in [-0.25, -0.2) is 9.78 Å². The average Bonchev–Trinajstić information content (AvgIpc) is 3.49. The lowest BCUT2D eigenvalue weighted by Gasteiger charge is -2.20. The van der Waals surface area contributed by atoms with Gasteiger partial charge >= 0.3 is 5.97 Å². The Balaban J connectivity index is 1.39. The predicted molar refractivity (Wildman–Crippen MR) is 120 cm³/mol. The van der Waals surface area contributed by atoms with E-state index >= 15 is 0 Å². The van der Waals surface area contributed by atoms with Crippen molar-refractivity contribution in [2.45, 2.75) is 33.1 Å². The van der Waals surface area contributed by atoms with E-state index in [0.717, 1.165) is 30.1 Å². The van der Waals surface area contributed by atoms with Gasteiger partial charge in [0.1, 0.15) is 4.88 Å². The summed E-state index contributed by atoms with van der Waals surface area (Å²) in [6.45, 7) is 6.17. The lowest BCUT2D eigenvalue weighted by atomic mass is 10.1. The number of amides is 2. The number of carbonyl (C=O) groups excluding carboxylic acids is 3. The summed E-state index contributed by atoms with van der Waals surface area (Å²) < 4.78 is 5.01. The van der Waals surface area contributed by atoms with Crippen LogP contribution in [0.3, 0.4) is 0 Å². The molecule has 1 aromatic heterocycles. The summed E-state index contributed by atoms with van der Waals surface area (Å²) in [5.74, 6) is -1.26. The number of ether oxygens (including phenoxy) is 1.